The first-order chi connectivity index (χ1) is 17.6. The van der Waals surface area contributed by atoms with Gasteiger partial charge in [0.1, 0.15) is 11.0 Å². The summed E-state index contributed by atoms with van der Waals surface area (Å²) >= 11 is 0. The summed E-state index contributed by atoms with van der Waals surface area (Å²) < 4.78 is 33.8. The molecule has 0 spiro atoms. The van der Waals surface area contributed by atoms with Crippen LogP contribution >= 0.6 is 0 Å². The van der Waals surface area contributed by atoms with Crippen LogP contribution in [0.5, 0.6) is 5.75 Å². The number of ether oxygens (including phenoxy) is 5. The number of pyridine rings is 1. The molecule has 2 aliphatic rings. The van der Waals surface area contributed by atoms with Crippen LogP contribution in [0, 0.1) is 0 Å². The summed E-state index contributed by atoms with van der Waals surface area (Å²) in [5.41, 5.74) is -0.804. The number of methoxy groups -OCH3 is 1. The van der Waals surface area contributed by atoms with Crippen LogP contribution in [0.15, 0.2) is 17.4 Å². The molecular formula is C24H38N4O9Si. The van der Waals surface area contributed by atoms with Gasteiger partial charge in [-0.25, -0.2) is 14.3 Å². The maximum Gasteiger partial charge on any atom is 0.510 e. The Morgan fingerprint density at radius 3 is 2.47 bits per heavy atom. The Hall–Kier alpha value is -3.26. The van der Waals surface area contributed by atoms with E-state index in [1.54, 1.807) is 26.8 Å². The lowest BCUT2D eigenvalue weighted by molar-refractivity contribution is -0.0232. The van der Waals surface area contributed by atoms with Crippen molar-refractivity contribution in [1.82, 2.24) is 9.58 Å². The maximum absolute atomic E-state index is 13.8. The van der Waals surface area contributed by atoms with Crippen LogP contribution in [0.3, 0.4) is 0 Å². The molecule has 1 atom stereocenters. The van der Waals surface area contributed by atoms with Crippen LogP contribution in [0.1, 0.15) is 52.0 Å². The van der Waals surface area contributed by atoms with Crippen molar-refractivity contribution in [2.24, 2.45) is 5.16 Å². The van der Waals surface area contributed by atoms with Crippen LogP contribution in [-0.2, 0) is 23.5 Å². The number of rotatable bonds is 5. The number of carbonyl (C=O) groups excluding carboxylic acids is 3. The average Bonchev–Trinajstić information content (AvgIpc) is 2.81. The average molecular weight is 555 g/mol. The van der Waals surface area contributed by atoms with Crippen molar-refractivity contribution in [3.8, 4) is 5.75 Å². The van der Waals surface area contributed by atoms with E-state index in [2.05, 4.69) is 30.7 Å². The summed E-state index contributed by atoms with van der Waals surface area (Å²) in [6.07, 6.45) is -0.872. The van der Waals surface area contributed by atoms with E-state index in [1.165, 1.54) is 20.8 Å². The van der Waals surface area contributed by atoms with E-state index < -0.39 is 45.0 Å². The minimum atomic E-state index is -2.34. The Morgan fingerprint density at radius 2 is 1.87 bits per heavy atom. The summed E-state index contributed by atoms with van der Waals surface area (Å²) in [7, 11) is -1.17. The molecule has 0 aliphatic carbocycles. The summed E-state index contributed by atoms with van der Waals surface area (Å²) in [6.45, 7) is 15.6. The zero-order valence-corrected chi connectivity index (χ0v) is 24.5. The van der Waals surface area contributed by atoms with Crippen LogP contribution in [0.2, 0.25) is 18.1 Å². The van der Waals surface area contributed by atoms with Gasteiger partial charge < -0.3 is 33.1 Å². The molecule has 0 unspecified atom stereocenters. The lowest BCUT2D eigenvalue weighted by Gasteiger charge is -2.46. The first-order valence-corrected chi connectivity index (χ1v) is 15.2. The van der Waals surface area contributed by atoms with Gasteiger partial charge >= 0.3 is 12.2 Å². The molecule has 1 aromatic rings. The second-order valence-corrected chi connectivity index (χ2v) is 16.1. The SMILES string of the molecule is COC(=O)OCOc1c2n(cc/c1=N\O[Si](C)(C)C(C)(C)C)N(C(=O)OC(C)(C)C)[C@@H]1COCCN1C2=O. The first kappa shape index (κ1) is 29.3. The van der Waals surface area contributed by atoms with Crippen molar-refractivity contribution < 1.29 is 42.6 Å². The van der Waals surface area contributed by atoms with E-state index >= 15 is 0 Å². The number of hydrogen-bond acceptors (Lipinski definition) is 10. The third kappa shape index (κ3) is 6.23. The highest BCUT2D eigenvalue weighted by atomic mass is 28.4. The number of morpholine rings is 1. The number of fused-ring (bicyclic) bond motifs is 2. The fourth-order valence-corrected chi connectivity index (χ4v) is 4.03. The molecule has 0 radical (unpaired) electrons. The fraction of sp³-hybridized carbons (Fsp3) is 0.667. The van der Waals surface area contributed by atoms with Gasteiger partial charge in [0.15, 0.2) is 17.6 Å². The van der Waals surface area contributed by atoms with Crippen LogP contribution in [0.4, 0.5) is 9.59 Å². The Morgan fingerprint density at radius 1 is 1.18 bits per heavy atom. The first-order valence-electron chi connectivity index (χ1n) is 12.3. The summed E-state index contributed by atoms with van der Waals surface area (Å²) in [6, 6.07) is 1.55. The van der Waals surface area contributed by atoms with E-state index in [1.807, 2.05) is 13.1 Å². The molecule has 1 saturated heterocycles. The number of nitrogens with zero attached hydrogens (tertiary/aromatic N) is 4. The minimum Gasteiger partial charge on any atom is -0.454 e. The molecular weight excluding hydrogens is 516 g/mol. The molecule has 2 aliphatic heterocycles. The van der Waals surface area contributed by atoms with Gasteiger partial charge in [0.05, 0.1) is 20.3 Å². The van der Waals surface area contributed by atoms with E-state index in [-0.39, 0.29) is 35.0 Å². The number of aromatic nitrogens is 1. The fourth-order valence-electron chi connectivity index (χ4n) is 3.43. The Labute approximate surface area is 223 Å². The van der Waals surface area contributed by atoms with Gasteiger partial charge in [-0.3, -0.25) is 4.79 Å². The highest BCUT2D eigenvalue weighted by Gasteiger charge is 2.46. The number of carbonyl (C=O) groups is 3. The quantitative estimate of drug-likeness (QED) is 0.233. The highest BCUT2D eigenvalue weighted by Crippen LogP contribution is 2.36. The predicted molar refractivity (Wildman–Crippen MR) is 137 cm³/mol. The molecule has 0 N–H and O–H groups in total. The van der Waals surface area contributed by atoms with Crippen molar-refractivity contribution in [2.75, 3.05) is 38.7 Å². The third-order valence-electron chi connectivity index (χ3n) is 6.44. The second-order valence-electron chi connectivity index (χ2n) is 11.4. The van der Waals surface area contributed by atoms with Gasteiger partial charge in [-0.15, -0.1) is 0 Å². The van der Waals surface area contributed by atoms with E-state index in [0.29, 0.717) is 6.61 Å². The van der Waals surface area contributed by atoms with Gasteiger partial charge in [-0.05, 0) is 45.0 Å². The molecule has 3 rings (SSSR count). The standard InChI is InChI=1S/C24H38N4O9Si/c1-23(2,3)36-21(30)28-17-14-33-13-12-26(17)20(29)18-19(34-15-35-22(31)32-7)16(10-11-27(18)28)25-37-38(8,9)24(4,5)6/h10-11,17H,12-15H2,1-9H3/b25-16+/t17-/m1/s1. The molecule has 212 valence electrons. The van der Waals surface area contributed by atoms with Crippen LogP contribution in [0.25, 0.3) is 0 Å². The Bertz CT molecular complexity index is 1140. The molecule has 0 aromatic carbocycles. The van der Waals surface area contributed by atoms with Gasteiger partial charge in [0.2, 0.25) is 6.79 Å². The predicted octanol–water partition coefficient (Wildman–Crippen LogP) is 3.13. The van der Waals surface area contributed by atoms with E-state index in [4.69, 9.17) is 23.5 Å². The van der Waals surface area contributed by atoms with Crippen LogP contribution in [-0.4, -0.2) is 81.5 Å². The van der Waals surface area contributed by atoms with Gasteiger partial charge in [0, 0.05) is 12.7 Å². The zero-order chi connectivity index (χ0) is 28.5. The molecule has 2 amide bonds. The van der Waals surface area contributed by atoms with Crippen molar-refractivity contribution in [1.29, 1.82) is 0 Å². The Balaban J connectivity index is 2.18. The number of amides is 2. The summed E-state index contributed by atoms with van der Waals surface area (Å²) in [4.78, 5) is 40.2. The highest BCUT2D eigenvalue weighted by molar-refractivity contribution is 6.74. The molecule has 14 heteroatoms. The summed E-state index contributed by atoms with van der Waals surface area (Å²) in [5, 5.41) is 5.71. The summed E-state index contributed by atoms with van der Waals surface area (Å²) in [5.74, 6) is -0.450. The maximum atomic E-state index is 13.8. The Kier molecular flexibility index (Phi) is 8.36. The smallest absolute Gasteiger partial charge is 0.454 e. The normalized spacial score (nSPS) is 18.4. The molecule has 0 saturated carbocycles. The molecule has 13 nitrogen and oxygen atoms in total. The minimum absolute atomic E-state index is 0.0115. The monoisotopic (exact) mass is 554 g/mol. The van der Waals surface area contributed by atoms with Crippen molar-refractivity contribution >= 4 is 26.5 Å². The molecule has 1 fully saturated rings. The number of hydrogen-bond donors (Lipinski definition) is 0. The van der Waals surface area contributed by atoms with Crippen molar-refractivity contribution in [3.05, 3.63) is 23.3 Å². The van der Waals surface area contributed by atoms with Gasteiger partial charge in [-0.2, -0.15) is 5.01 Å². The molecule has 3 heterocycles. The largest absolute Gasteiger partial charge is 0.510 e. The molecule has 38 heavy (non-hydrogen) atoms. The third-order valence-corrected chi connectivity index (χ3v) is 10.6. The van der Waals surface area contributed by atoms with Gasteiger partial charge in [0.25, 0.3) is 14.2 Å². The van der Waals surface area contributed by atoms with Crippen LogP contribution < -0.4 is 15.1 Å². The zero-order valence-electron chi connectivity index (χ0n) is 23.5. The molecule has 1 aromatic heterocycles. The lowest BCUT2D eigenvalue weighted by Crippen LogP contribution is -2.67. The van der Waals surface area contributed by atoms with E-state index in [0.717, 1.165) is 7.11 Å². The lowest BCUT2D eigenvalue weighted by atomic mass is 10.2. The van der Waals surface area contributed by atoms with Crippen molar-refractivity contribution in [3.63, 3.8) is 0 Å². The van der Waals surface area contributed by atoms with Crippen molar-refractivity contribution in [2.45, 2.75) is 71.4 Å². The topological polar surface area (TPSA) is 130 Å². The molecule has 0 bridgehead atoms. The van der Waals surface area contributed by atoms with Gasteiger partial charge in [-0.1, -0.05) is 25.9 Å². The van der Waals surface area contributed by atoms with E-state index in [9.17, 15) is 14.4 Å². The second kappa shape index (κ2) is 10.8.